The van der Waals surface area contributed by atoms with Gasteiger partial charge in [-0.25, -0.2) is 4.79 Å². The summed E-state index contributed by atoms with van der Waals surface area (Å²) in [6, 6.07) is 5.17. The van der Waals surface area contributed by atoms with E-state index in [2.05, 4.69) is 16.0 Å². The average molecular weight is 351 g/mol. The van der Waals surface area contributed by atoms with Gasteiger partial charge in [-0.3, -0.25) is 9.59 Å². The number of carbonyl (C=O) groups excluding carboxylic acids is 3. The number of alkyl carbamates (subject to hydrolysis) is 1. The SMILES string of the molecule is CC(C)(C)OC(=O)NCCNC(=O)c1ccc2c(c1)NC(=O)CS2. The van der Waals surface area contributed by atoms with E-state index >= 15 is 0 Å². The Morgan fingerprint density at radius 2 is 1.96 bits per heavy atom. The molecule has 1 aromatic rings. The number of anilines is 1. The highest BCUT2D eigenvalue weighted by atomic mass is 32.2. The Kier molecular flexibility index (Phi) is 5.71. The highest BCUT2D eigenvalue weighted by Gasteiger charge is 2.18. The second-order valence-corrected chi connectivity index (χ2v) is 7.25. The van der Waals surface area contributed by atoms with Crippen LogP contribution in [0.2, 0.25) is 0 Å². The van der Waals surface area contributed by atoms with Gasteiger partial charge in [0, 0.05) is 23.5 Å². The number of hydrogen-bond acceptors (Lipinski definition) is 5. The van der Waals surface area contributed by atoms with Crippen molar-refractivity contribution in [2.75, 3.05) is 24.2 Å². The number of amides is 3. The maximum Gasteiger partial charge on any atom is 0.407 e. The standard InChI is InChI=1S/C16H21N3O4S/c1-16(2,3)23-15(22)18-7-6-17-14(21)10-4-5-12-11(8-10)19-13(20)9-24-12/h4-5,8H,6-7,9H2,1-3H3,(H,17,21)(H,18,22)(H,19,20). The maximum absolute atomic E-state index is 12.1. The summed E-state index contributed by atoms with van der Waals surface area (Å²) in [5, 5.41) is 8.02. The molecule has 0 saturated heterocycles. The van der Waals surface area contributed by atoms with E-state index in [-0.39, 0.29) is 24.9 Å². The first kappa shape index (κ1) is 18.1. The average Bonchev–Trinajstić information content (AvgIpc) is 2.48. The molecule has 3 amide bonds. The number of nitrogens with one attached hydrogen (secondary N) is 3. The molecule has 3 N–H and O–H groups in total. The zero-order chi connectivity index (χ0) is 17.7. The largest absolute Gasteiger partial charge is 0.444 e. The van der Waals surface area contributed by atoms with Crippen LogP contribution in [0.4, 0.5) is 10.5 Å². The molecule has 0 aliphatic carbocycles. The van der Waals surface area contributed by atoms with Crippen LogP contribution in [0.15, 0.2) is 23.1 Å². The minimum atomic E-state index is -0.557. The van der Waals surface area contributed by atoms with Crippen molar-refractivity contribution in [1.82, 2.24) is 10.6 Å². The number of thioether (sulfide) groups is 1. The lowest BCUT2D eigenvalue weighted by Gasteiger charge is -2.19. The molecule has 1 heterocycles. The second-order valence-electron chi connectivity index (χ2n) is 6.23. The first-order chi connectivity index (χ1) is 11.2. The highest BCUT2D eigenvalue weighted by Crippen LogP contribution is 2.31. The molecule has 0 atom stereocenters. The van der Waals surface area contributed by atoms with Crippen LogP contribution in [0.5, 0.6) is 0 Å². The van der Waals surface area contributed by atoms with Crippen molar-refractivity contribution in [3.05, 3.63) is 23.8 Å². The fourth-order valence-electron chi connectivity index (χ4n) is 1.98. The lowest BCUT2D eigenvalue weighted by atomic mass is 10.2. The molecule has 1 aromatic carbocycles. The molecule has 0 fully saturated rings. The number of hydrogen-bond donors (Lipinski definition) is 3. The third-order valence-electron chi connectivity index (χ3n) is 2.95. The fourth-order valence-corrected chi connectivity index (χ4v) is 2.77. The van der Waals surface area contributed by atoms with Gasteiger partial charge in [0.25, 0.3) is 5.91 Å². The van der Waals surface area contributed by atoms with Gasteiger partial charge in [-0.1, -0.05) is 0 Å². The lowest BCUT2D eigenvalue weighted by molar-refractivity contribution is -0.113. The molecule has 0 saturated carbocycles. The van der Waals surface area contributed by atoms with E-state index in [0.717, 1.165) is 4.90 Å². The maximum atomic E-state index is 12.1. The quantitative estimate of drug-likeness (QED) is 0.721. The zero-order valence-corrected chi connectivity index (χ0v) is 14.7. The first-order valence-corrected chi connectivity index (χ1v) is 8.55. The Morgan fingerprint density at radius 3 is 2.67 bits per heavy atom. The van der Waals surface area contributed by atoms with Crippen molar-refractivity contribution >= 4 is 35.4 Å². The van der Waals surface area contributed by atoms with E-state index in [1.165, 1.54) is 11.8 Å². The van der Waals surface area contributed by atoms with Crippen LogP contribution in [0.3, 0.4) is 0 Å². The van der Waals surface area contributed by atoms with Crippen LogP contribution in [0, 0.1) is 0 Å². The monoisotopic (exact) mass is 351 g/mol. The van der Waals surface area contributed by atoms with Crippen molar-refractivity contribution in [2.45, 2.75) is 31.3 Å². The summed E-state index contributed by atoms with van der Waals surface area (Å²) in [4.78, 5) is 35.9. The summed E-state index contributed by atoms with van der Waals surface area (Å²) < 4.78 is 5.10. The molecular weight excluding hydrogens is 330 g/mol. The molecule has 0 unspecified atom stereocenters. The molecule has 0 bridgehead atoms. The Hall–Kier alpha value is -2.22. The molecule has 1 aliphatic heterocycles. The minimum absolute atomic E-state index is 0.0772. The predicted octanol–water partition coefficient (Wildman–Crippen LogP) is 1.99. The summed E-state index contributed by atoms with van der Waals surface area (Å²) in [7, 11) is 0. The fraction of sp³-hybridized carbons (Fsp3) is 0.438. The number of fused-ring (bicyclic) bond motifs is 1. The molecule has 7 nitrogen and oxygen atoms in total. The topological polar surface area (TPSA) is 96.5 Å². The van der Waals surface area contributed by atoms with Crippen LogP contribution < -0.4 is 16.0 Å². The summed E-state index contributed by atoms with van der Waals surface area (Å²) in [5.74, 6) is 0.0368. The van der Waals surface area contributed by atoms with E-state index in [0.29, 0.717) is 17.0 Å². The van der Waals surface area contributed by atoms with Gasteiger partial charge in [0.15, 0.2) is 0 Å². The van der Waals surface area contributed by atoms with Gasteiger partial charge < -0.3 is 20.7 Å². The third kappa shape index (κ3) is 5.45. The van der Waals surface area contributed by atoms with Gasteiger partial charge in [-0.2, -0.15) is 0 Å². The summed E-state index contributed by atoms with van der Waals surface area (Å²) >= 11 is 1.44. The molecule has 0 radical (unpaired) electrons. The van der Waals surface area contributed by atoms with E-state index < -0.39 is 11.7 Å². The zero-order valence-electron chi connectivity index (χ0n) is 13.9. The first-order valence-electron chi connectivity index (χ1n) is 7.56. The van der Waals surface area contributed by atoms with E-state index in [1.807, 2.05) is 6.07 Å². The number of benzene rings is 1. The Bertz CT molecular complexity index is 655. The number of rotatable bonds is 4. The van der Waals surface area contributed by atoms with Crippen LogP contribution in [-0.4, -0.2) is 42.4 Å². The number of carbonyl (C=O) groups is 3. The minimum Gasteiger partial charge on any atom is -0.444 e. The molecule has 2 rings (SSSR count). The van der Waals surface area contributed by atoms with Gasteiger partial charge >= 0.3 is 6.09 Å². The molecule has 8 heteroatoms. The normalized spacial score (nSPS) is 13.5. The third-order valence-corrected chi connectivity index (χ3v) is 4.03. The van der Waals surface area contributed by atoms with Crippen LogP contribution in [-0.2, 0) is 9.53 Å². The molecule has 24 heavy (non-hydrogen) atoms. The number of ether oxygens (including phenoxy) is 1. The van der Waals surface area contributed by atoms with Gasteiger partial charge in [0.05, 0.1) is 11.4 Å². The molecule has 130 valence electrons. The Labute approximate surface area is 144 Å². The predicted molar refractivity (Wildman–Crippen MR) is 92.4 cm³/mol. The van der Waals surface area contributed by atoms with Crippen molar-refractivity contribution in [2.24, 2.45) is 0 Å². The van der Waals surface area contributed by atoms with Crippen LogP contribution in [0.25, 0.3) is 0 Å². The Balaban J connectivity index is 1.80. The highest BCUT2D eigenvalue weighted by molar-refractivity contribution is 8.00. The van der Waals surface area contributed by atoms with Gasteiger partial charge in [0.1, 0.15) is 5.60 Å². The van der Waals surface area contributed by atoms with E-state index in [4.69, 9.17) is 4.74 Å². The van der Waals surface area contributed by atoms with Crippen LogP contribution in [0.1, 0.15) is 31.1 Å². The molecule has 0 spiro atoms. The summed E-state index contributed by atoms with van der Waals surface area (Å²) in [5.41, 5.74) is 0.545. The molecule has 1 aliphatic rings. The van der Waals surface area contributed by atoms with E-state index in [1.54, 1.807) is 32.9 Å². The van der Waals surface area contributed by atoms with Crippen molar-refractivity contribution in [3.8, 4) is 0 Å². The summed E-state index contributed by atoms with van der Waals surface area (Å²) in [6.07, 6.45) is -0.523. The second kappa shape index (κ2) is 7.57. The Morgan fingerprint density at radius 1 is 1.25 bits per heavy atom. The lowest BCUT2D eigenvalue weighted by Crippen LogP contribution is -2.37. The van der Waals surface area contributed by atoms with Crippen molar-refractivity contribution in [3.63, 3.8) is 0 Å². The van der Waals surface area contributed by atoms with Crippen LogP contribution >= 0.6 is 11.8 Å². The van der Waals surface area contributed by atoms with Gasteiger partial charge in [-0.05, 0) is 39.0 Å². The smallest absolute Gasteiger partial charge is 0.407 e. The van der Waals surface area contributed by atoms with Crippen molar-refractivity contribution in [1.29, 1.82) is 0 Å². The van der Waals surface area contributed by atoms with Gasteiger partial charge in [-0.15, -0.1) is 11.8 Å². The molecular formula is C16H21N3O4S. The van der Waals surface area contributed by atoms with E-state index in [9.17, 15) is 14.4 Å². The van der Waals surface area contributed by atoms with Crippen molar-refractivity contribution < 1.29 is 19.1 Å². The van der Waals surface area contributed by atoms with Gasteiger partial charge in [0.2, 0.25) is 5.91 Å². The molecule has 0 aromatic heterocycles. The summed E-state index contributed by atoms with van der Waals surface area (Å²) in [6.45, 7) is 5.87.